The summed E-state index contributed by atoms with van der Waals surface area (Å²) in [4.78, 5) is 31.5. The van der Waals surface area contributed by atoms with Crippen LogP contribution in [0.1, 0.15) is 27.0 Å². The summed E-state index contributed by atoms with van der Waals surface area (Å²) in [5, 5.41) is 11.9. The highest BCUT2D eigenvalue weighted by molar-refractivity contribution is 5.95. The number of hydrogen-bond acceptors (Lipinski definition) is 4. The molecule has 1 fully saturated rings. The lowest BCUT2D eigenvalue weighted by molar-refractivity contribution is 0.0747. The Bertz CT molecular complexity index is 1210. The fraction of sp³-hybridized carbons (Fsp3) is 0.222. The molecule has 2 aliphatic rings. The van der Waals surface area contributed by atoms with E-state index in [2.05, 4.69) is 16.3 Å². The number of benzene rings is 3. The minimum Gasteiger partial charge on any atom is -0.368 e. The van der Waals surface area contributed by atoms with E-state index < -0.39 is 0 Å². The van der Waals surface area contributed by atoms with Crippen molar-refractivity contribution >= 4 is 23.3 Å². The average molecular weight is 452 g/mol. The third kappa shape index (κ3) is 4.44. The Hall–Kier alpha value is -4.31. The predicted molar refractivity (Wildman–Crippen MR) is 130 cm³/mol. The van der Waals surface area contributed by atoms with Crippen LogP contribution >= 0.6 is 0 Å². The van der Waals surface area contributed by atoms with E-state index in [4.69, 9.17) is 5.26 Å². The predicted octanol–water partition coefficient (Wildman–Crippen LogP) is 4.07. The largest absolute Gasteiger partial charge is 0.368 e. The van der Waals surface area contributed by atoms with E-state index >= 15 is 0 Å². The summed E-state index contributed by atoms with van der Waals surface area (Å²) in [6.07, 6.45) is 0. The van der Waals surface area contributed by atoms with Crippen molar-refractivity contribution < 1.29 is 9.59 Å². The number of amides is 3. The number of carbonyl (C=O) groups excluding carboxylic acids is 2. The van der Waals surface area contributed by atoms with Crippen molar-refractivity contribution in [3.63, 3.8) is 0 Å². The van der Waals surface area contributed by atoms with Gasteiger partial charge in [0, 0.05) is 56.2 Å². The van der Waals surface area contributed by atoms with Gasteiger partial charge in [-0.1, -0.05) is 24.3 Å². The van der Waals surface area contributed by atoms with E-state index in [1.165, 1.54) is 11.1 Å². The van der Waals surface area contributed by atoms with E-state index in [0.29, 0.717) is 43.0 Å². The first kappa shape index (κ1) is 21.5. The second kappa shape index (κ2) is 9.28. The van der Waals surface area contributed by atoms with Gasteiger partial charge in [-0.25, -0.2) is 4.79 Å². The molecule has 2 heterocycles. The summed E-state index contributed by atoms with van der Waals surface area (Å²) in [5.41, 5.74) is 5.34. The van der Waals surface area contributed by atoms with Gasteiger partial charge in [0.05, 0.1) is 11.6 Å². The maximum atomic E-state index is 13.0. The Kier molecular flexibility index (Phi) is 5.88. The second-order valence-corrected chi connectivity index (χ2v) is 8.57. The number of carbonyl (C=O) groups is 2. The van der Waals surface area contributed by atoms with Gasteiger partial charge in [0.2, 0.25) is 0 Å². The molecule has 3 aromatic rings. The zero-order valence-electron chi connectivity index (χ0n) is 18.8. The summed E-state index contributed by atoms with van der Waals surface area (Å²) in [7, 11) is 0. The van der Waals surface area contributed by atoms with Crippen molar-refractivity contribution in [3.05, 3.63) is 95.1 Å². The average Bonchev–Trinajstić information content (AvgIpc) is 3.34. The molecule has 3 aromatic carbocycles. The van der Waals surface area contributed by atoms with E-state index in [-0.39, 0.29) is 11.9 Å². The summed E-state index contributed by atoms with van der Waals surface area (Å²) < 4.78 is 0. The number of anilines is 2. The molecule has 0 atom stereocenters. The van der Waals surface area contributed by atoms with Crippen LogP contribution in [0.25, 0.3) is 0 Å². The van der Waals surface area contributed by atoms with Crippen LogP contribution in [-0.4, -0.2) is 47.9 Å². The van der Waals surface area contributed by atoms with Gasteiger partial charge in [-0.05, 0) is 59.7 Å². The first-order valence-electron chi connectivity index (χ1n) is 11.4. The molecule has 2 aliphatic heterocycles. The molecule has 3 amide bonds. The molecule has 0 spiro atoms. The first-order valence-corrected chi connectivity index (χ1v) is 11.4. The number of nitrogens with zero attached hydrogens (tertiary/aromatic N) is 4. The number of nitriles is 1. The van der Waals surface area contributed by atoms with Crippen molar-refractivity contribution in [2.24, 2.45) is 0 Å². The molecule has 5 rings (SSSR count). The monoisotopic (exact) mass is 451 g/mol. The number of rotatable bonds is 3. The molecule has 7 heteroatoms. The standard InChI is InChI=1S/C27H25N5O2/c28-17-20-5-11-25(12-6-20)30-13-15-31(16-14-30)26(33)21-7-9-24(10-8-21)29-27(34)32-18-22-3-1-2-4-23(22)19-32/h1-12H,13-16,18-19H2,(H,29,34). The summed E-state index contributed by atoms with van der Waals surface area (Å²) in [5.74, 6) is -0.00709. The minimum absolute atomic E-state index is 0.00709. The maximum absolute atomic E-state index is 13.0. The summed E-state index contributed by atoms with van der Waals surface area (Å²) in [6.45, 7) is 3.95. The summed E-state index contributed by atoms with van der Waals surface area (Å²) >= 11 is 0. The molecule has 0 radical (unpaired) electrons. The third-order valence-electron chi connectivity index (χ3n) is 6.44. The van der Waals surface area contributed by atoms with Crippen LogP contribution in [0.4, 0.5) is 16.2 Å². The molecule has 1 N–H and O–H groups in total. The SMILES string of the molecule is N#Cc1ccc(N2CCN(C(=O)c3ccc(NC(=O)N4Cc5ccccc5C4)cc3)CC2)cc1. The van der Waals surface area contributed by atoms with Crippen LogP contribution in [0.5, 0.6) is 0 Å². The van der Waals surface area contributed by atoms with E-state index in [0.717, 1.165) is 18.8 Å². The number of urea groups is 1. The van der Waals surface area contributed by atoms with Gasteiger partial charge in [0.25, 0.3) is 5.91 Å². The lowest BCUT2D eigenvalue weighted by Gasteiger charge is -2.36. The van der Waals surface area contributed by atoms with Crippen LogP contribution in [0.15, 0.2) is 72.8 Å². The minimum atomic E-state index is -0.144. The highest BCUT2D eigenvalue weighted by atomic mass is 16.2. The molecule has 0 saturated carbocycles. The van der Waals surface area contributed by atoms with E-state index in [9.17, 15) is 9.59 Å². The van der Waals surface area contributed by atoms with Gasteiger partial charge in [-0.3, -0.25) is 4.79 Å². The molecule has 1 saturated heterocycles. The van der Waals surface area contributed by atoms with E-state index in [1.807, 2.05) is 53.4 Å². The number of piperazine rings is 1. The van der Waals surface area contributed by atoms with E-state index in [1.54, 1.807) is 29.2 Å². The Morgan fingerprint density at radius 2 is 1.38 bits per heavy atom. The molecule has 34 heavy (non-hydrogen) atoms. The van der Waals surface area contributed by atoms with Crippen LogP contribution in [0.2, 0.25) is 0 Å². The van der Waals surface area contributed by atoms with Crippen LogP contribution < -0.4 is 10.2 Å². The second-order valence-electron chi connectivity index (χ2n) is 8.57. The Morgan fingerprint density at radius 1 is 0.765 bits per heavy atom. The maximum Gasteiger partial charge on any atom is 0.322 e. The van der Waals surface area contributed by atoms with Gasteiger partial charge >= 0.3 is 6.03 Å². The first-order chi connectivity index (χ1) is 16.6. The smallest absolute Gasteiger partial charge is 0.322 e. The van der Waals surface area contributed by atoms with Crippen LogP contribution in [0.3, 0.4) is 0 Å². The van der Waals surface area contributed by atoms with Crippen molar-refractivity contribution in [1.29, 1.82) is 5.26 Å². The quantitative estimate of drug-likeness (QED) is 0.651. The normalized spacial score (nSPS) is 15.0. The molecule has 0 aromatic heterocycles. The highest BCUT2D eigenvalue weighted by Crippen LogP contribution is 2.23. The zero-order valence-corrected chi connectivity index (χ0v) is 18.8. The lowest BCUT2D eigenvalue weighted by Crippen LogP contribution is -2.48. The number of fused-ring (bicyclic) bond motifs is 1. The van der Waals surface area contributed by atoms with Crippen molar-refractivity contribution in [2.45, 2.75) is 13.1 Å². The lowest BCUT2D eigenvalue weighted by atomic mass is 10.1. The van der Waals surface area contributed by atoms with Gasteiger partial charge in [0.15, 0.2) is 0 Å². The van der Waals surface area contributed by atoms with Gasteiger partial charge in [0.1, 0.15) is 0 Å². The van der Waals surface area contributed by atoms with Crippen molar-refractivity contribution in [3.8, 4) is 6.07 Å². The molecule has 0 unspecified atom stereocenters. The molecule has 0 bridgehead atoms. The van der Waals surface area contributed by atoms with Gasteiger partial charge in [-0.15, -0.1) is 0 Å². The fourth-order valence-electron chi connectivity index (χ4n) is 4.47. The van der Waals surface area contributed by atoms with Crippen molar-refractivity contribution in [1.82, 2.24) is 9.80 Å². The Labute approximate surface area is 198 Å². The number of nitrogens with one attached hydrogen (secondary N) is 1. The highest BCUT2D eigenvalue weighted by Gasteiger charge is 2.24. The zero-order chi connectivity index (χ0) is 23.5. The van der Waals surface area contributed by atoms with Crippen molar-refractivity contribution in [2.75, 3.05) is 36.4 Å². The molecule has 0 aliphatic carbocycles. The molecule has 170 valence electrons. The van der Waals surface area contributed by atoms with Gasteiger partial charge in [-0.2, -0.15) is 5.26 Å². The van der Waals surface area contributed by atoms with Gasteiger partial charge < -0.3 is 20.0 Å². The van der Waals surface area contributed by atoms with Crippen LogP contribution in [0, 0.1) is 11.3 Å². The Morgan fingerprint density at radius 3 is 1.97 bits per heavy atom. The fourth-order valence-corrected chi connectivity index (χ4v) is 4.47. The topological polar surface area (TPSA) is 79.7 Å². The molecular weight excluding hydrogens is 426 g/mol. The van der Waals surface area contributed by atoms with Crippen LogP contribution in [-0.2, 0) is 13.1 Å². The number of hydrogen-bond donors (Lipinski definition) is 1. The summed E-state index contributed by atoms with van der Waals surface area (Å²) in [6, 6.07) is 24.7. The third-order valence-corrected chi connectivity index (χ3v) is 6.44. The molecule has 7 nitrogen and oxygen atoms in total. The molecular formula is C27H25N5O2. The Balaban J connectivity index is 1.14.